The van der Waals surface area contributed by atoms with Crippen molar-refractivity contribution in [2.24, 2.45) is 0 Å². The van der Waals surface area contributed by atoms with Gasteiger partial charge in [-0.2, -0.15) is 0 Å². The lowest BCUT2D eigenvalue weighted by Crippen LogP contribution is -2.48. The summed E-state index contributed by atoms with van der Waals surface area (Å²) in [5.74, 6) is 1.17. The van der Waals surface area contributed by atoms with Gasteiger partial charge in [-0.25, -0.2) is 0 Å². The third-order valence-electron chi connectivity index (χ3n) is 4.70. The summed E-state index contributed by atoms with van der Waals surface area (Å²) in [5, 5.41) is 0. The van der Waals surface area contributed by atoms with Gasteiger partial charge in [0, 0.05) is 32.7 Å². The molecule has 0 aromatic heterocycles. The van der Waals surface area contributed by atoms with Crippen LogP contribution in [0.5, 0.6) is 5.75 Å². The lowest BCUT2D eigenvalue weighted by Gasteiger charge is -2.35. The molecule has 26 heavy (non-hydrogen) atoms. The molecule has 4 heteroatoms. The second-order valence-electron chi connectivity index (χ2n) is 6.82. The summed E-state index contributed by atoms with van der Waals surface area (Å²) in [6.45, 7) is 7.22. The van der Waals surface area contributed by atoms with E-state index >= 15 is 0 Å². The molecule has 1 aliphatic heterocycles. The first-order valence-electron chi connectivity index (χ1n) is 9.50. The zero-order chi connectivity index (χ0) is 18.2. The van der Waals surface area contributed by atoms with E-state index in [4.69, 9.17) is 4.74 Å². The van der Waals surface area contributed by atoms with Crippen molar-refractivity contribution in [1.29, 1.82) is 0 Å². The number of hydrogen-bond donors (Lipinski definition) is 0. The molecule has 1 amide bonds. The largest absolute Gasteiger partial charge is 0.494 e. The van der Waals surface area contributed by atoms with Crippen molar-refractivity contribution in [3.63, 3.8) is 0 Å². The highest BCUT2D eigenvalue weighted by molar-refractivity contribution is 5.78. The molecule has 0 saturated carbocycles. The van der Waals surface area contributed by atoms with Gasteiger partial charge in [-0.05, 0) is 29.7 Å². The first kappa shape index (κ1) is 18.5. The first-order valence-corrected chi connectivity index (χ1v) is 9.50. The maximum atomic E-state index is 12.5. The molecule has 0 aliphatic carbocycles. The van der Waals surface area contributed by atoms with E-state index in [1.54, 1.807) is 0 Å². The van der Waals surface area contributed by atoms with Crippen LogP contribution in [0.2, 0.25) is 0 Å². The molecule has 4 nitrogen and oxygen atoms in total. The lowest BCUT2D eigenvalue weighted by atomic mass is 10.1. The Bertz CT molecular complexity index is 694. The second-order valence-corrected chi connectivity index (χ2v) is 6.82. The van der Waals surface area contributed by atoms with Crippen LogP contribution in [0, 0.1) is 0 Å². The zero-order valence-corrected chi connectivity index (χ0v) is 15.6. The predicted molar refractivity (Wildman–Crippen MR) is 104 cm³/mol. The molecule has 0 radical (unpaired) electrons. The zero-order valence-electron chi connectivity index (χ0n) is 15.6. The maximum absolute atomic E-state index is 12.5. The number of nitrogens with zero attached hydrogens (tertiary/aromatic N) is 2. The molecule has 0 N–H and O–H groups in total. The fraction of sp³-hybridized carbons (Fsp3) is 0.409. The maximum Gasteiger partial charge on any atom is 0.227 e. The molecule has 0 bridgehead atoms. The summed E-state index contributed by atoms with van der Waals surface area (Å²) in [7, 11) is 0. The van der Waals surface area contributed by atoms with E-state index in [1.807, 2.05) is 41.3 Å². The minimum atomic E-state index is 0.228. The number of piperazine rings is 1. The molecule has 1 saturated heterocycles. The van der Waals surface area contributed by atoms with Crippen LogP contribution in [0.25, 0.3) is 0 Å². The van der Waals surface area contributed by atoms with Crippen LogP contribution in [0.1, 0.15) is 24.5 Å². The average molecular weight is 352 g/mol. The third-order valence-corrected chi connectivity index (χ3v) is 4.70. The van der Waals surface area contributed by atoms with Gasteiger partial charge in [0.25, 0.3) is 0 Å². The number of hydrogen-bond acceptors (Lipinski definition) is 3. The highest BCUT2D eigenvalue weighted by atomic mass is 16.5. The van der Waals surface area contributed by atoms with Crippen molar-refractivity contribution >= 4 is 5.91 Å². The molecule has 1 heterocycles. The molecule has 1 aliphatic rings. The molecule has 1 fully saturated rings. The van der Waals surface area contributed by atoms with Gasteiger partial charge < -0.3 is 9.64 Å². The van der Waals surface area contributed by atoms with E-state index in [9.17, 15) is 4.79 Å². The van der Waals surface area contributed by atoms with Crippen LogP contribution in [0.3, 0.4) is 0 Å². The minimum Gasteiger partial charge on any atom is -0.494 e. The van der Waals surface area contributed by atoms with Gasteiger partial charge in [-0.15, -0.1) is 0 Å². The summed E-state index contributed by atoms with van der Waals surface area (Å²) in [4.78, 5) is 16.9. The first-order chi connectivity index (χ1) is 12.7. The highest BCUT2D eigenvalue weighted by Crippen LogP contribution is 2.16. The summed E-state index contributed by atoms with van der Waals surface area (Å²) < 4.78 is 5.72. The van der Waals surface area contributed by atoms with E-state index in [0.717, 1.165) is 57.1 Å². The molecule has 2 aromatic rings. The second kappa shape index (κ2) is 9.39. The Hall–Kier alpha value is -2.33. The van der Waals surface area contributed by atoms with Crippen LogP contribution in [0.15, 0.2) is 54.6 Å². The number of carbonyl (C=O) groups excluding carboxylic acids is 1. The number of benzene rings is 2. The van der Waals surface area contributed by atoms with Crippen LogP contribution < -0.4 is 4.74 Å². The van der Waals surface area contributed by atoms with Gasteiger partial charge in [-0.3, -0.25) is 9.69 Å². The lowest BCUT2D eigenvalue weighted by molar-refractivity contribution is -0.132. The fourth-order valence-corrected chi connectivity index (χ4v) is 3.25. The topological polar surface area (TPSA) is 32.8 Å². The summed E-state index contributed by atoms with van der Waals surface area (Å²) >= 11 is 0. The molecule has 0 unspecified atom stereocenters. The van der Waals surface area contributed by atoms with Crippen LogP contribution >= 0.6 is 0 Å². The molecular formula is C22H28N2O2. The quantitative estimate of drug-likeness (QED) is 0.766. The van der Waals surface area contributed by atoms with Crippen LogP contribution in [0.4, 0.5) is 0 Å². The SMILES string of the molecule is CCCOc1cccc(CN2CCN(C(=O)Cc3ccccc3)CC2)c1. The van der Waals surface area contributed by atoms with Crippen molar-refractivity contribution in [3.8, 4) is 5.75 Å². The smallest absolute Gasteiger partial charge is 0.227 e. The third kappa shape index (κ3) is 5.33. The normalized spacial score (nSPS) is 15.0. The molecule has 2 aromatic carbocycles. The number of amides is 1. The van der Waals surface area contributed by atoms with Crippen LogP contribution in [-0.4, -0.2) is 48.5 Å². The molecule has 0 spiro atoms. The number of carbonyl (C=O) groups is 1. The molecular weight excluding hydrogens is 324 g/mol. The standard InChI is InChI=1S/C22H28N2O2/c1-2-15-26-21-10-6-9-20(16-21)18-23-11-13-24(14-12-23)22(25)17-19-7-4-3-5-8-19/h3-10,16H,2,11-15,17-18H2,1H3. The van der Waals surface area contributed by atoms with E-state index in [0.29, 0.717) is 6.42 Å². The van der Waals surface area contributed by atoms with E-state index in [-0.39, 0.29) is 5.91 Å². The number of rotatable bonds is 7. The van der Waals surface area contributed by atoms with Gasteiger partial charge in [0.05, 0.1) is 13.0 Å². The van der Waals surface area contributed by atoms with Gasteiger partial charge in [0.15, 0.2) is 0 Å². The summed E-state index contributed by atoms with van der Waals surface area (Å²) in [6, 6.07) is 18.3. The molecule has 0 atom stereocenters. The van der Waals surface area contributed by atoms with Crippen molar-refractivity contribution in [1.82, 2.24) is 9.80 Å². The number of ether oxygens (including phenoxy) is 1. The Labute approximate surface area is 156 Å². The Kier molecular flexibility index (Phi) is 6.67. The highest BCUT2D eigenvalue weighted by Gasteiger charge is 2.21. The Balaban J connectivity index is 1.47. The Morgan fingerprint density at radius 2 is 1.69 bits per heavy atom. The predicted octanol–water partition coefficient (Wildman–Crippen LogP) is 3.36. The van der Waals surface area contributed by atoms with Crippen molar-refractivity contribution in [2.75, 3.05) is 32.8 Å². The van der Waals surface area contributed by atoms with E-state index < -0.39 is 0 Å². The molecule has 3 rings (SSSR count). The Morgan fingerprint density at radius 1 is 0.962 bits per heavy atom. The van der Waals surface area contributed by atoms with Gasteiger partial charge in [-0.1, -0.05) is 49.4 Å². The van der Waals surface area contributed by atoms with Crippen molar-refractivity contribution in [2.45, 2.75) is 26.3 Å². The van der Waals surface area contributed by atoms with Crippen molar-refractivity contribution < 1.29 is 9.53 Å². The average Bonchev–Trinajstić information content (AvgIpc) is 2.68. The fourth-order valence-electron chi connectivity index (χ4n) is 3.25. The molecule has 138 valence electrons. The van der Waals surface area contributed by atoms with E-state index in [2.05, 4.69) is 30.0 Å². The van der Waals surface area contributed by atoms with Gasteiger partial charge in [0.2, 0.25) is 5.91 Å². The minimum absolute atomic E-state index is 0.228. The van der Waals surface area contributed by atoms with Crippen molar-refractivity contribution in [3.05, 3.63) is 65.7 Å². The monoisotopic (exact) mass is 352 g/mol. The van der Waals surface area contributed by atoms with Gasteiger partial charge >= 0.3 is 0 Å². The Morgan fingerprint density at radius 3 is 2.42 bits per heavy atom. The summed E-state index contributed by atoms with van der Waals surface area (Å²) in [5.41, 5.74) is 2.35. The van der Waals surface area contributed by atoms with Gasteiger partial charge in [0.1, 0.15) is 5.75 Å². The summed E-state index contributed by atoms with van der Waals surface area (Å²) in [6.07, 6.45) is 1.51. The van der Waals surface area contributed by atoms with E-state index in [1.165, 1.54) is 5.56 Å². The van der Waals surface area contributed by atoms with Crippen LogP contribution in [-0.2, 0) is 17.8 Å².